The zero-order valence-electron chi connectivity index (χ0n) is 20.5. The quantitative estimate of drug-likeness (QED) is 0.235. The van der Waals surface area contributed by atoms with Gasteiger partial charge in [-0.15, -0.1) is 11.3 Å². The predicted molar refractivity (Wildman–Crippen MR) is 148 cm³/mol. The number of nitrogens with zero attached hydrogens (tertiary/aromatic N) is 3. The number of nitrogens with one attached hydrogen (secondary N) is 2. The molecule has 0 aliphatic heterocycles. The van der Waals surface area contributed by atoms with Crippen LogP contribution in [0, 0.1) is 6.92 Å². The van der Waals surface area contributed by atoms with Gasteiger partial charge >= 0.3 is 5.97 Å². The topological polar surface area (TPSA) is 123 Å². The van der Waals surface area contributed by atoms with E-state index in [0.717, 1.165) is 11.3 Å². The molecule has 0 bridgehead atoms. The van der Waals surface area contributed by atoms with Gasteiger partial charge in [-0.05, 0) is 50.2 Å². The Bertz CT molecular complexity index is 1720. The van der Waals surface area contributed by atoms with E-state index in [2.05, 4.69) is 25.0 Å². The molecule has 0 aliphatic rings. The molecule has 11 heteroatoms. The Morgan fingerprint density at radius 3 is 2.50 bits per heavy atom. The number of fused-ring (bicyclic) bond motifs is 1. The van der Waals surface area contributed by atoms with Crippen molar-refractivity contribution in [2.75, 3.05) is 16.6 Å². The van der Waals surface area contributed by atoms with Gasteiger partial charge in [0.05, 0.1) is 22.9 Å². The van der Waals surface area contributed by atoms with E-state index in [1.54, 1.807) is 24.4 Å². The van der Waals surface area contributed by atoms with Crippen molar-refractivity contribution in [2.45, 2.75) is 18.7 Å². The van der Waals surface area contributed by atoms with Crippen molar-refractivity contribution in [1.29, 1.82) is 0 Å². The molecule has 5 aromatic rings. The number of ether oxygens (including phenoxy) is 1. The fourth-order valence-electron chi connectivity index (χ4n) is 3.77. The van der Waals surface area contributed by atoms with Crippen LogP contribution >= 0.6 is 11.3 Å². The van der Waals surface area contributed by atoms with Crippen molar-refractivity contribution >= 4 is 54.9 Å². The molecule has 192 valence electrons. The maximum Gasteiger partial charge on any atom is 0.341 e. The van der Waals surface area contributed by atoms with E-state index in [4.69, 9.17) is 4.74 Å². The summed E-state index contributed by atoms with van der Waals surface area (Å²) in [6.45, 7) is 3.80. The van der Waals surface area contributed by atoms with Gasteiger partial charge in [0.15, 0.2) is 10.8 Å². The molecule has 0 radical (unpaired) electrons. The SMILES string of the molecule is CCOC(=O)c1cnc2nc(C)ccc2c1Nc1ccc(S(=O)(=O)Nc2nc(-c3ccccc3)cs2)cc1. The van der Waals surface area contributed by atoms with E-state index >= 15 is 0 Å². The second kappa shape index (κ2) is 10.6. The third kappa shape index (κ3) is 5.34. The lowest BCUT2D eigenvalue weighted by molar-refractivity contribution is 0.0527. The van der Waals surface area contributed by atoms with Crippen LogP contribution in [0.15, 0.2) is 83.2 Å². The highest BCUT2D eigenvalue weighted by Crippen LogP contribution is 2.31. The summed E-state index contributed by atoms with van der Waals surface area (Å²) in [6.07, 6.45) is 1.43. The average Bonchev–Trinajstić information content (AvgIpc) is 3.37. The van der Waals surface area contributed by atoms with Crippen LogP contribution in [-0.4, -0.2) is 35.9 Å². The highest BCUT2D eigenvalue weighted by atomic mass is 32.2. The molecule has 0 unspecified atom stereocenters. The van der Waals surface area contributed by atoms with Gasteiger partial charge in [0, 0.05) is 33.9 Å². The Balaban J connectivity index is 1.40. The number of benzene rings is 2. The number of rotatable bonds is 8. The number of anilines is 3. The lowest BCUT2D eigenvalue weighted by Crippen LogP contribution is -2.13. The first kappa shape index (κ1) is 25.3. The molecule has 0 spiro atoms. The molecule has 9 nitrogen and oxygen atoms in total. The first-order valence-corrected chi connectivity index (χ1v) is 14.0. The zero-order chi connectivity index (χ0) is 26.7. The van der Waals surface area contributed by atoms with Gasteiger partial charge in [0.2, 0.25) is 0 Å². The summed E-state index contributed by atoms with van der Waals surface area (Å²) in [6, 6.07) is 19.4. The zero-order valence-corrected chi connectivity index (χ0v) is 22.1. The van der Waals surface area contributed by atoms with Crippen LogP contribution in [0.4, 0.5) is 16.5 Å². The number of thiazole rings is 1. The molecule has 0 amide bonds. The van der Waals surface area contributed by atoms with Crippen molar-refractivity contribution < 1.29 is 17.9 Å². The van der Waals surface area contributed by atoms with Crippen LogP contribution in [0.1, 0.15) is 23.0 Å². The third-order valence-electron chi connectivity index (χ3n) is 5.59. The summed E-state index contributed by atoms with van der Waals surface area (Å²) in [5, 5.41) is 5.93. The van der Waals surface area contributed by atoms with Crippen molar-refractivity contribution in [2.24, 2.45) is 0 Å². The number of sulfonamides is 1. The molecule has 0 aliphatic carbocycles. The standard InChI is InChI=1S/C27H23N5O4S2/c1-3-36-26(33)22-15-28-25-21(14-9-17(2)29-25)24(22)30-19-10-12-20(13-11-19)38(34,35)32-27-31-23(16-37-27)18-7-5-4-6-8-18/h4-16H,3H2,1-2H3,(H,31,32)(H,28,29,30). The van der Waals surface area contributed by atoms with E-state index in [1.165, 1.54) is 29.7 Å². The molecule has 0 fully saturated rings. The molecule has 2 aromatic carbocycles. The summed E-state index contributed by atoms with van der Waals surface area (Å²) in [7, 11) is -3.86. The van der Waals surface area contributed by atoms with E-state index in [1.807, 2.05) is 49.4 Å². The number of carbonyl (C=O) groups excluding carboxylic acids is 1. The summed E-state index contributed by atoms with van der Waals surface area (Å²) < 4.78 is 33.7. The Hall–Kier alpha value is -4.35. The van der Waals surface area contributed by atoms with E-state index in [0.29, 0.717) is 28.1 Å². The van der Waals surface area contributed by atoms with Crippen LogP contribution in [0.2, 0.25) is 0 Å². The first-order valence-electron chi connectivity index (χ1n) is 11.7. The molecule has 3 heterocycles. The minimum absolute atomic E-state index is 0.0713. The minimum atomic E-state index is -3.86. The average molecular weight is 546 g/mol. The van der Waals surface area contributed by atoms with Gasteiger partial charge in [0.1, 0.15) is 5.56 Å². The normalized spacial score (nSPS) is 11.3. The van der Waals surface area contributed by atoms with Crippen LogP contribution in [0.25, 0.3) is 22.3 Å². The first-order chi connectivity index (χ1) is 18.3. The Kier molecular flexibility index (Phi) is 7.03. The van der Waals surface area contributed by atoms with Crippen LogP contribution in [0.5, 0.6) is 0 Å². The van der Waals surface area contributed by atoms with E-state index in [-0.39, 0.29) is 22.2 Å². The lowest BCUT2D eigenvalue weighted by Gasteiger charge is -2.14. The van der Waals surface area contributed by atoms with Crippen molar-refractivity contribution in [3.8, 4) is 11.3 Å². The van der Waals surface area contributed by atoms with Crippen molar-refractivity contribution in [3.63, 3.8) is 0 Å². The second-order valence-corrected chi connectivity index (χ2v) is 10.8. The second-order valence-electron chi connectivity index (χ2n) is 8.25. The van der Waals surface area contributed by atoms with Gasteiger partial charge in [-0.1, -0.05) is 30.3 Å². The van der Waals surface area contributed by atoms with Gasteiger partial charge in [0.25, 0.3) is 10.0 Å². The molecule has 3 aromatic heterocycles. The molecular formula is C27H23N5O4S2. The van der Waals surface area contributed by atoms with Crippen molar-refractivity contribution in [3.05, 3.63) is 89.6 Å². The monoisotopic (exact) mass is 545 g/mol. The predicted octanol–water partition coefficient (Wildman–Crippen LogP) is 5.78. The number of aromatic nitrogens is 3. The number of esters is 1. The maximum absolute atomic E-state index is 13.0. The van der Waals surface area contributed by atoms with E-state index < -0.39 is 16.0 Å². The van der Waals surface area contributed by atoms with Crippen LogP contribution in [0.3, 0.4) is 0 Å². The number of hydrogen-bond donors (Lipinski definition) is 2. The third-order valence-corrected chi connectivity index (χ3v) is 7.84. The highest BCUT2D eigenvalue weighted by molar-refractivity contribution is 7.93. The number of hydrogen-bond acceptors (Lipinski definition) is 9. The smallest absolute Gasteiger partial charge is 0.341 e. The summed E-state index contributed by atoms with van der Waals surface area (Å²) >= 11 is 1.21. The molecule has 0 saturated carbocycles. The van der Waals surface area contributed by atoms with Crippen LogP contribution in [-0.2, 0) is 14.8 Å². The Labute approximate surface area is 223 Å². The number of pyridine rings is 2. The lowest BCUT2D eigenvalue weighted by atomic mass is 10.1. The summed E-state index contributed by atoms with van der Waals surface area (Å²) in [4.78, 5) is 25.8. The molecule has 38 heavy (non-hydrogen) atoms. The highest BCUT2D eigenvalue weighted by Gasteiger charge is 2.19. The molecule has 0 atom stereocenters. The summed E-state index contributed by atoms with van der Waals surface area (Å²) in [5.41, 5.74) is 4.16. The molecule has 5 rings (SSSR count). The maximum atomic E-state index is 13.0. The largest absolute Gasteiger partial charge is 0.462 e. The molecule has 0 saturated heterocycles. The fourth-order valence-corrected chi connectivity index (χ4v) is 5.74. The molecular weight excluding hydrogens is 522 g/mol. The summed E-state index contributed by atoms with van der Waals surface area (Å²) in [5.74, 6) is -0.522. The van der Waals surface area contributed by atoms with Gasteiger partial charge in [-0.25, -0.2) is 28.2 Å². The molecule has 2 N–H and O–H groups in total. The van der Waals surface area contributed by atoms with Gasteiger partial charge in [-0.2, -0.15) is 0 Å². The van der Waals surface area contributed by atoms with Crippen molar-refractivity contribution in [1.82, 2.24) is 15.0 Å². The van der Waals surface area contributed by atoms with Crippen LogP contribution < -0.4 is 10.0 Å². The minimum Gasteiger partial charge on any atom is -0.462 e. The van der Waals surface area contributed by atoms with Gasteiger partial charge < -0.3 is 10.1 Å². The van der Waals surface area contributed by atoms with E-state index in [9.17, 15) is 13.2 Å². The fraction of sp³-hybridized carbons (Fsp3) is 0.111. The Morgan fingerprint density at radius 1 is 1.00 bits per heavy atom. The number of aryl methyl sites for hydroxylation is 1. The number of carbonyl (C=O) groups is 1. The van der Waals surface area contributed by atoms with Gasteiger partial charge in [-0.3, -0.25) is 4.72 Å². The Morgan fingerprint density at radius 2 is 1.76 bits per heavy atom.